The number of likely N-dealkylation sites (tertiary alicyclic amines) is 1. The minimum absolute atomic E-state index is 0.170. The highest BCUT2D eigenvalue weighted by Crippen LogP contribution is 2.27. The fourth-order valence-corrected chi connectivity index (χ4v) is 2.06. The van der Waals surface area contributed by atoms with Crippen LogP contribution in [0.3, 0.4) is 0 Å². The van der Waals surface area contributed by atoms with Gasteiger partial charge in [-0.3, -0.25) is 9.59 Å². The number of amides is 1. The number of benzene rings is 1. The van der Waals surface area contributed by atoms with Gasteiger partial charge in [-0.15, -0.1) is 0 Å². The van der Waals surface area contributed by atoms with E-state index in [9.17, 15) is 18.4 Å². The summed E-state index contributed by atoms with van der Waals surface area (Å²) in [7, 11) is 0. The molecule has 0 spiro atoms. The van der Waals surface area contributed by atoms with Gasteiger partial charge in [0.2, 0.25) is 0 Å². The summed E-state index contributed by atoms with van der Waals surface area (Å²) in [4.78, 5) is 23.9. The summed E-state index contributed by atoms with van der Waals surface area (Å²) in [6.45, 7) is 1.97. The Morgan fingerprint density at radius 1 is 1.32 bits per heavy atom. The first-order valence-corrected chi connectivity index (χ1v) is 5.88. The van der Waals surface area contributed by atoms with Crippen molar-refractivity contribution in [3.05, 3.63) is 35.4 Å². The van der Waals surface area contributed by atoms with Gasteiger partial charge in [-0.05, 0) is 12.1 Å². The van der Waals surface area contributed by atoms with Crippen molar-refractivity contribution >= 4 is 11.9 Å². The fraction of sp³-hybridized carbons (Fsp3) is 0.385. The summed E-state index contributed by atoms with van der Waals surface area (Å²) >= 11 is 0. The topological polar surface area (TPSA) is 57.6 Å². The zero-order valence-corrected chi connectivity index (χ0v) is 10.3. The third-order valence-corrected chi connectivity index (χ3v) is 3.47. The van der Waals surface area contributed by atoms with Crippen LogP contribution in [0.2, 0.25) is 0 Å². The third kappa shape index (κ3) is 2.43. The van der Waals surface area contributed by atoms with Crippen LogP contribution in [0.5, 0.6) is 0 Å². The smallest absolute Gasteiger partial charge is 0.306 e. The molecule has 0 saturated carbocycles. The van der Waals surface area contributed by atoms with Crippen LogP contribution >= 0.6 is 0 Å². The van der Waals surface area contributed by atoms with E-state index in [-0.39, 0.29) is 19.0 Å². The van der Waals surface area contributed by atoms with Gasteiger partial charge in [0.1, 0.15) is 17.2 Å². The van der Waals surface area contributed by atoms with Gasteiger partial charge in [0, 0.05) is 19.0 Å². The van der Waals surface area contributed by atoms with Crippen molar-refractivity contribution < 1.29 is 23.5 Å². The average Bonchev–Trinajstić information content (AvgIpc) is 2.26. The van der Waals surface area contributed by atoms with Crippen molar-refractivity contribution in [3.63, 3.8) is 0 Å². The molecule has 1 aromatic rings. The Hall–Kier alpha value is -1.98. The van der Waals surface area contributed by atoms with Crippen LogP contribution in [0.15, 0.2) is 18.2 Å². The monoisotopic (exact) mass is 269 g/mol. The Labute approximate surface area is 108 Å². The molecule has 1 atom stereocenters. The third-order valence-electron chi connectivity index (χ3n) is 3.47. The second kappa shape index (κ2) is 4.95. The SMILES string of the molecule is CC(C(=O)O)C1CN(C(=O)c2c(F)cccc2F)C1. The molecule has 1 heterocycles. The molecule has 19 heavy (non-hydrogen) atoms. The summed E-state index contributed by atoms with van der Waals surface area (Å²) in [6.07, 6.45) is 0. The molecular weight excluding hydrogens is 256 g/mol. The molecule has 1 aromatic carbocycles. The molecular formula is C13H13F2NO3. The maximum Gasteiger partial charge on any atom is 0.306 e. The van der Waals surface area contributed by atoms with Crippen LogP contribution in [0, 0.1) is 23.5 Å². The molecule has 1 N–H and O–H groups in total. The molecule has 1 aliphatic rings. The molecule has 0 aliphatic carbocycles. The molecule has 0 aromatic heterocycles. The second-order valence-electron chi connectivity index (χ2n) is 4.69. The highest BCUT2D eigenvalue weighted by atomic mass is 19.1. The summed E-state index contributed by atoms with van der Waals surface area (Å²) in [5.41, 5.74) is -0.580. The van der Waals surface area contributed by atoms with Gasteiger partial charge < -0.3 is 10.0 Å². The van der Waals surface area contributed by atoms with Crippen LogP contribution in [-0.4, -0.2) is 35.0 Å². The zero-order valence-electron chi connectivity index (χ0n) is 10.3. The van der Waals surface area contributed by atoms with Gasteiger partial charge in [-0.1, -0.05) is 13.0 Å². The van der Waals surface area contributed by atoms with Crippen molar-refractivity contribution in [3.8, 4) is 0 Å². The maximum atomic E-state index is 13.4. The van der Waals surface area contributed by atoms with Gasteiger partial charge in [0.25, 0.3) is 5.91 Å². The van der Waals surface area contributed by atoms with E-state index in [0.29, 0.717) is 0 Å². The largest absolute Gasteiger partial charge is 0.481 e. The number of rotatable bonds is 3. The predicted molar refractivity (Wildman–Crippen MR) is 62.6 cm³/mol. The highest BCUT2D eigenvalue weighted by molar-refractivity contribution is 5.95. The van der Waals surface area contributed by atoms with Crippen LogP contribution in [0.1, 0.15) is 17.3 Å². The number of hydrogen-bond acceptors (Lipinski definition) is 2. The number of carbonyl (C=O) groups is 2. The molecule has 0 radical (unpaired) electrons. The number of halogens is 2. The Bertz CT molecular complexity index is 506. The predicted octanol–water partition coefficient (Wildman–Crippen LogP) is 1.76. The number of carboxylic acids is 1. The Kier molecular flexibility index (Phi) is 3.50. The fourth-order valence-electron chi connectivity index (χ4n) is 2.06. The Morgan fingerprint density at radius 3 is 2.32 bits per heavy atom. The molecule has 1 unspecified atom stereocenters. The highest BCUT2D eigenvalue weighted by Gasteiger charge is 2.38. The Morgan fingerprint density at radius 2 is 1.84 bits per heavy atom. The lowest BCUT2D eigenvalue weighted by atomic mass is 9.86. The molecule has 1 aliphatic heterocycles. The molecule has 6 heteroatoms. The van der Waals surface area contributed by atoms with Gasteiger partial charge in [0.15, 0.2) is 0 Å². The van der Waals surface area contributed by atoms with Crippen molar-refractivity contribution in [2.24, 2.45) is 11.8 Å². The summed E-state index contributed by atoms with van der Waals surface area (Å²) < 4.78 is 26.8. The van der Waals surface area contributed by atoms with E-state index in [0.717, 1.165) is 12.1 Å². The number of aliphatic carboxylic acids is 1. The van der Waals surface area contributed by atoms with Crippen molar-refractivity contribution in [1.29, 1.82) is 0 Å². The molecule has 4 nitrogen and oxygen atoms in total. The summed E-state index contributed by atoms with van der Waals surface area (Å²) in [5, 5.41) is 8.82. The number of carboxylic acid groups (broad SMARTS) is 1. The standard InChI is InChI=1S/C13H13F2NO3/c1-7(13(18)19)8-5-16(6-8)12(17)11-9(14)3-2-4-10(11)15/h2-4,7-8H,5-6H2,1H3,(H,18,19). The van der Waals surface area contributed by atoms with Gasteiger partial charge in [0.05, 0.1) is 5.92 Å². The van der Waals surface area contributed by atoms with E-state index in [1.54, 1.807) is 6.92 Å². The lowest BCUT2D eigenvalue weighted by Gasteiger charge is -2.41. The van der Waals surface area contributed by atoms with Crippen molar-refractivity contribution in [1.82, 2.24) is 4.90 Å². The molecule has 1 amide bonds. The molecule has 1 saturated heterocycles. The van der Waals surface area contributed by atoms with Gasteiger partial charge in [-0.25, -0.2) is 8.78 Å². The van der Waals surface area contributed by atoms with E-state index in [2.05, 4.69) is 0 Å². The average molecular weight is 269 g/mol. The second-order valence-corrected chi connectivity index (χ2v) is 4.69. The van der Waals surface area contributed by atoms with Crippen LogP contribution in [-0.2, 0) is 4.79 Å². The molecule has 102 valence electrons. The van der Waals surface area contributed by atoms with Crippen LogP contribution in [0.4, 0.5) is 8.78 Å². The number of nitrogens with zero attached hydrogens (tertiary/aromatic N) is 1. The van der Waals surface area contributed by atoms with E-state index in [4.69, 9.17) is 5.11 Å². The lowest BCUT2D eigenvalue weighted by molar-refractivity contribution is -0.144. The maximum absolute atomic E-state index is 13.4. The number of hydrogen-bond donors (Lipinski definition) is 1. The molecule has 0 bridgehead atoms. The van der Waals surface area contributed by atoms with E-state index in [1.807, 2.05) is 0 Å². The van der Waals surface area contributed by atoms with Crippen molar-refractivity contribution in [2.75, 3.05) is 13.1 Å². The van der Waals surface area contributed by atoms with Crippen LogP contribution < -0.4 is 0 Å². The Balaban J connectivity index is 2.06. The van der Waals surface area contributed by atoms with Crippen LogP contribution in [0.25, 0.3) is 0 Å². The first-order valence-electron chi connectivity index (χ1n) is 5.88. The molecule has 1 fully saturated rings. The summed E-state index contributed by atoms with van der Waals surface area (Å²) in [5.74, 6) is -4.22. The quantitative estimate of drug-likeness (QED) is 0.909. The molecule has 2 rings (SSSR count). The van der Waals surface area contributed by atoms with E-state index < -0.39 is 35.0 Å². The normalized spacial score (nSPS) is 16.9. The summed E-state index contributed by atoms with van der Waals surface area (Å²) in [6, 6.07) is 3.23. The zero-order chi connectivity index (χ0) is 14.2. The van der Waals surface area contributed by atoms with E-state index >= 15 is 0 Å². The minimum atomic E-state index is -0.936. The minimum Gasteiger partial charge on any atom is -0.481 e. The first kappa shape index (κ1) is 13.5. The van der Waals surface area contributed by atoms with Gasteiger partial charge in [-0.2, -0.15) is 0 Å². The number of carbonyl (C=O) groups excluding carboxylic acids is 1. The lowest BCUT2D eigenvalue weighted by Crippen LogP contribution is -2.53. The van der Waals surface area contributed by atoms with Crippen molar-refractivity contribution in [2.45, 2.75) is 6.92 Å². The first-order chi connectivity index (χ1) is 8.91. The van der Waals surface area contributed by atoms with E-state index in [1.165, 1.54) is 11.0 Å². The van der Waals surface area contributed by atoms with Gasteiger partial charge >= 0.3 is 5.97 Å².